The standard InChI is InChI=1S/C26H32ClN5O2/c1-17(2)31(25(34)28-20-11-7-18(3)8-12-20)16-24(33)29-23-15-22(26(4,5)6)30-32(23)21-13-9-19(27)10-14-21/h7-15,17H,16H2,1-6H3,(H,28,34)(H,29,33). The third-order valence-electron chi connectivity index (χ3n) is 5.32. The molecular weight excluding hydrogens is 450 g/mol. The van der Waals surface area contributed by atoms with Crippen molar-refractivity contribution in [2.24, 2.45) is 0 Å². The van der Waals surface area contributed by atoms with Crippen LogP contribution in [0.5, 0.6) is 0 Å². The molecule has 0 saturated heterocycles. The van der Waals surface area contributed by atoms with Crippen LogP contribution in [-0.2, 0) is 10.2 Å². The molecule has 3 aromatic rings. The van der Waals surface area contributed by atoms with Crippen LogP contribution in [-0.4, -0.2) is 39.2 Å². The zero-order chi connectivity index (χ0) is 25.0. The molecule has 34 heavy (non-hydrogen) atoms. The third-order valence-corrected chi connectivity index (χ3v) is 5.57. The second kappa shape index (κ2) is 10.3. The zero-order valence-corrected chi connectivity index (χ0v) is 21.3. The Morgan fingerprint density at radius 2 is 1.65 bits per heavy atom. The second-order valence-corrected chi connectivity index (χ2v) is 10.1. The number of hydrogen-bond acceptors (Lipinski definition) is 3. The molecule has 180 valence electrons. The van der Waals surface area contributed by atoms with Crippen molar-refractivity contribution in [1.29, 1.82) is 0 Å². The van der Waals surface area contributed by atoms with Gasteiger partial charge < -0.3 is 15.5 Å². The summed E-state index contributed by atoms with van der Waals surface area (Å²) in [6, 6.07) is 16.1. The molecular formula is C26H32ClN5O2. The Balaban J connectivity index is 1.80. The molecule has 3 amide bonds. The molecule has 0 bridgehead atoms. The number of benzene rings is 2. The molecule has 0 spiro atoms. The minimum Gasteiger partial charge on any atom is -0.313 e. The van der Waals surface area contributed by atoms with E-state index >= 15 is 0 Å². The summed E-state index contributed by atoms with van der Waals surface area (Å²) in [5, 5.41) is 11.1. The predicted molar refractivity (Wildman–Crippen MR) is 138 cm³/mol. The van der Waals surface area contributed by atoms with Crippen LogP contribution in [0.15, 0.2) is 54.6 Å². The van der Waals surface area contributed by atoms with E-state index in [0.29, 0.717) is 16.5 Å². The van der Waals surface area contributed by atoms with Crippen molar-refractivity contribution in [3.63, 3.8) is 0 Å². The van der Waals surface area contributed by atoms with Crippen LogP contribution in [0.3, 0.4) is 0 Å². The summed E-state index contributed by atoms with van der Waals surface area (Å²) in [5.41, 5.74) is 3.17. The van der Waals surface area contributed by atoms with Gasteiger partial charge in [-0.25, -0.2) is 9.48 Å². The molecule has 0 aliphatic rings. The Labute approximate surface area is 206 Å². The van der Waals surface area contributed by atoms with Gasteiger partial charge in [0.25, 0.3) is 0 Å². The van der Waals surface area contributed by atoms with Gasteiger partial charge in [0.1, 0.15) is 12.4 Å². The lowest BCUT2D eigenvalue weighted by Gasteiger charge is -2.26. The van der Waals surface area contributed by atoms with E-state index in [1.807, 2.05) is 63.2 Å². The fraction of sp³-hybridized carbons (Fsp3) is 0.346. The van der Waals surface area contributed by atoms with E-state index in [9.17, 15) is 9.59 Å². The molecule has 0 atom stereocenters. The fourth-order valence-corrected chi connectivity index (χ4v) is 3.40. The topological polar surface area (TPSA) is 79.3 Å². The van der Waals surface area contributed by atoms with Gasteiger partial charge in [-0.15, -0.1) is 0 Å². The Hall–Kier alpha value is -3.32. The van der Waals surface area contributed by atoms with Crippen LogP contribution in [0.4, 0.5) is 16.3 Å². The Kier molecular flexibility index (Phi) is 7.67. The fourth-order valence-electron chi connectivity index (χ4n) is 3.27. The van der Waals surface area contributed by atoms with Crippen LogP contribution >= 0.6 is 11.6 Å². The number of carbonyl (C=O) groups is 2. The first kappa shape index (κ1) is 25.3. The molecule has 8 heteroatoms. The molecule has 0 saturated carbocycles. The van der Waals surface area contributed by atoms with E-state index < -0.39 is 0 Å². The van der Waals surface area contributed by atoms with Gasteiger partial charge in [-0.1, -0.05) is 50.1 Å². The van der Waals surface area contributed by atoms with Gasteiger partial charge in [0.15, 0.2) is 0 Å². The third kappa shape index (κ3) is 6.38. The van der Waals surface area contributed by atoms with E-state index in [4.69, 9.17) is 16.7 Å². The van der Waals surface area contributed by atoms with Crippen molar-refractivity contribution in [2.75, 3.05) is 17.2 Å². The summed E-state index contributed by atoms with van der Waals surface area (Å²) in [6.45, 7) is 11.8. The number of rotatable bonds is 6. The largest absolute Gasteiger partial charge is 0.322 e. The van der Waals surface area contributed by atoms with Gasteiger partial charge in [0, 0.05) is 28.2 Å². The first-order chi connectivity index (χ1) is 15.9. The average Bonchev–Trinajstić information content (AvgIpc) is 3.18. The van der Waals surface area contributed by atoms with Crippen molar-refractivity contribution in [3.8, 4) is 5.69 Å². The Morgan fingerprint density at radius 1 is 1.03 bits per heavy atom. The molecule has 2 N–H and O–H groups in total. The molecule has 0 aliphatic carbocycles. The highest BCUT2D eigenvalue weighted by Crippen LogP contribution is 2.27. The number of nitrogens with one attached hydrogen (secondary N) is 2. The minimum absolute atomic E-state index is 0.105. The SMILES string of the molecule is Cc1ccc(NC(=O)N(CC(=O)Nc2cc(C(C)(C)C)nn2-c2ccc(Cl)cc2)C(C)C)cc1. The van der Waals surface area contributed by atoms with Gasteiger partial charge in [0.2, 0.25) is 5.91 Å². The summed E-state index contributed by atoms with van der Waals surface area (Å²) in [7, 11) is 0. The summed E-state index contributed by atoms with van der Waals surface area (Å²) in [5.74, 6) is 0.211. The second-order valence-electron chi connectivity index (χ2n) is 9.62. The van der Waals surface area contributed by atoms with E-state index in [1.165, 1.54) is 4.90 Å². The summed E-state index contributed by atoms with van der Waals surface area (Å²) >= 11 is 6.04. The number of carbonyl (C=O) groups excluding carboxylic acids is 2. The lowest BCUT2D eigenvalue weighted by molar-refractivity contribution is -0.117. The molecule has 3 rings (SSSR count). The smallest absolute Gasteiger partial charge is 0.313 e. The zero-order valence-electron chi connectivity index (χ0n) is 20.5. The molecule has 0 aliphatic heterocycles. The van der Waals surface area contributed by atoms with E-state index in [-0.39, 0.29) is 29.9 Å². The molecule has 1 aromatic heterocycles. The average molecular weight is 482 g/mol. The lowest BCUT2D eigenvalue weighted by Crippen LogP contribution is -2.44. The van der Waals surface area contributed by atoms with Gasteiger partial charge in [-0.05, 0) is 57.2 Å². The number of anilines is 2. The number of halogens is 1. The monoisotopic (exact) mass is 481 g/mol. The first-order valence-corrected chi connectivity index (χ1v) is 11.6. The van der Waals surface area contributed by atoms with Gasteiger partial charge in [-0.3, -0.25) is 4.79 Å². The van der Waals surface area contributed by atoms with E-state index in [0.717, 1.165) is 16.9 Å². The van der Waals surface area contributed by atoms with Gasteiger partial charge >= 0.3 is 6.03 Å². The molecule has 0 unspecified atom stereocenters. The summed E-state index contributed by atoms with van der Waals surface area (Å²) < 4.78 is 1.68. The highest BCUT2D eigenvalue weighted by Gasteiger charge is 2.24. The maximum Gasteiger partial charge on any atom is 0.322 e. The molecule has 7 nitrogen and oxygen atoms in total. The molecule has 0 radical (unpaired) electrons. The van der Waals surface area contributed by atoms with Crippen molar-refractivity contribution >= 4 is 35.0 Å². The Morgan fingerprint density at radius 3 is 2.21 bits per heavy atom. The highest BCUT2D eigenvalue weighted by molar-refractivity contribution is 6.30. The predicted octanol–water partition coefficient (Wildman–Crippen LogP) is 6.01. The van der Waals surface area contributed by atoms with Crippen LogP contribution in [0.2, 0.25) is 5.02 Å². The van der Waals surface area contributed by atoms with Crippen LogP contribution in [0.1, 0.15) is 45.9 Å². The van der Waals surface area contributed by atoms with Gasteiger partial charge in [0.05, 0.1) is 11.4 Å². The summed E-state index contributed by atoms with van der Waals surface area (Å²) in [6.07, 6.45) is 0. The van der Waals surface area contributed by atoms with Crippen molar-refractivity contribution in [1.82, 2.24) is 14.7 Å². The van der Waals surface area contributed by atoms with Crippen LogP contribution < -0.4 is 10.6 Å². The van der Waals surface area contributed by atoms with Crippen molar-refractivity contribution in [2.45, 2.75) is 53.0 Å². The van der Waals surface area contributed by atoms with Crippen molar-refractivity contribution < 1.29 is 9.59 Å². The number of nitrogens with zero attached hydrogens (tertiary/aromatic N) is 3. The van der Waals surface area contributed by atoms with Crippen LogP contribution in [0, 0.1) is 6.92 Å². The maximum atomic E-state index is 13.0. The Bertz CT molecular complexity index is 1150. The highest BCUT2D eigenvalue weighted by atomic mass is 35.5. The number of aryl methyl sites for hydroxylation is 1. The van der Waals surface area contributed by atoms with E-state index in [1.54, 1.807) is 16.8 Å². The lowest BCUT2D eigenvalue weighted by atomic mass is 9.92. The number of aromatic nitrogens is 2. The number of amides is 3. The normalized spacial score (nSPS) is 11.4. The maximum absolute atomic E-state index is 13.0. The number of urea groups is 1. The molecule has 0 fully saturated rings. The van der Waals surface area contributed by atoms with Crippen LogP contribution in [0.25, 0.3) is 5.69 Å². The van der Waals surface area contributed by atoms with E-state index in [2.05, 4.69) is 31.4 Å². The quantitative estimate of drug-likeness (QED) is 0.452. The minimum atomic E-state index is -0.337. The molecule has 1 heterocycles. The first-order valence-electron chi connectivity index (χ1n) is 11.2. The molecule has 2 aromatic carbocycles. The van der Waals surface area contributed by atoms with Gasteiger partial charge in [-0.2, -0.15) is 5.10 Å². The number of hydrogen-bond donors (Lipinski definition) is 2. The van der Waals surface area contributed by atoms with Crippen molar-refractivity contribution in [3.05, 3.63) is 70.9 Å². The summed E-state index contributed by atoms with van der Waals surface area (Å²) in [4.78, 5) is 27.4.